The standard InChI is InChI=1S/C19H32N4O2S/c1-5-25-16(14(2)3)6-9-21-19(20-4)22-12-18(24)23-10-7-17-15(13-23)8-11-26-17/h8,11,14,16H,5-7,9-10,12-13H2,1-4H3,(H2,20,21,22). The molecule has 0 aliphatic carbocycles. The summed E-state index contributed by atoms with van der Waals surface area (Å²) < 4.78 is 5.76. The average Bonchev–Trinajstić information content (AvgIpc) is 3.10. The minimum absolute atomic E-state index is 0.110. The van der Waals surface area contributed by atoms with E-state index in [1.807, 2.05) is 11.8 Å². The molecule has 0 bridgehead atoms. The lowest BCUT2D eigenvalue weighted by Gasteiger charge is -2.27. The Hall–Kier alpha value is -1.60. The molecule has 0 saturated heterocycles. The van der Waals surface area contributed by atoms with Gasteiger partial charge in [-0.15, -0.1) is 11.3 Å². The Morgan fingerprint density at radius 3 is 2.92 bits per heavy atom. The second-order valence-corrected chi connectivity index (χ2v) is 7.81. The molecule has 0 aromatic carbocycles. The monoisotopic (exact) mass is 380 g/mol. The predicted octanol–water partition coefficient (Wildman–Crippen LogP) is 2.25. The Kier molecular flexibility index (Phi) is 8.38. The Labute approximate surface area is 161 Å². The molecule has 0 saturated carbocycles. The first-order chi connectivity index (χ1) is 12.5. The molecule has 1 aromatic rings. The van der Waals surface area contributed by atoms with Gasteiger partial charge in [0.1, 0.15) is 0 Å². The zero-order chi connectivity index (χ0) is 18.9. The molecule has 0 spiro atoms. The van der Waals surface area contributed by atoms with Crippen molar-refractivity contribution in [3.05, 3.63) is 21.9 Å². The van der Waals surface area contributed by atoms with Gasteiger partial charge in [-0.2, -0.15) is 0 Å². The van der Waals surface area contributed by atoms with Gasteiger partial charge in [0, 0.05) is 38.2 Å². The van der Waals surface area contributed by atoms with E-state index in [-0.39, 0.29) is 18.6 Å². The maximum atomic E-state index is 12.5. The summed E-state index contributed by atoms with van der Waals surface area (Å²) in [5.74, 6) is 1.25. The van der Waals surface area contributed by atoms with E-state index < -0.39 is 0 Å². The second-order valence-electron chi connectivity index (χ2n) is 6.81. The average molecular weight is 381 g/mol. The minimum atomic E-state index is 0.110. The Morgan fingerprint density at radius 1 is 1.42 bits per heavy atom. The van der Waals surface area contributed by atoms with Crippen LogP contribution >= 0.6 is 11.3 Å². The van der Waals surface area contributed by atoms with E-state index in [4.69, 9.17) is 4.74 Å². The van der Waals surface area contributed by atoms with E-state index in [0.717, 1.165) is 39.1 Å². The van der Waals surface area contributed by atoms with Crippen molar-refractivity contribution in [3.8, 4) is 0 Å². The molecule has 2 N–H and O–H groups in total. The van der Waals surface area contributed by atoms with Gasteiger partial charge in [-0.05, 0) is 42.7 Å². The fourth-order valence-corrected chi connectivity index (χ4v) is 4.00. The van der Waals surface area contributed by atoms with Crippen LogP contribution in [-0.2, 0) is 22.5 Å². The van der Waals surface area contributed by atoms with Gasteiger partial charge in [-0.3, -0.25) is 9.79 Å². The van der Waals surface area contributed by atoms with Crippen LogP contribution in [0.15, 0.2) is 16.4 Å². The fraction of sp³-hybridized carbons (Fsp3) is 0.684. The molecule has 146 valence electrons. The van der Waals surface area contributed by atoms with Crippen molar-refractivity contribution >= 4 is 23.2 Å². The van der Waals surface area contributed by atoms with Gasteiger partial charge in [0.25, 0.3) is 0 Å². The number of ether oxygens (including phenoxy) is 1. The summed E-state index contributed by atoms with van der Waals surface area (Å²) in [6.07, 6.45) is 2.10. The van der Waals surface area contributed by atoms with Crippen LogP contribution in [0.1, 0.15) is 37.6 Å². The summed E-state index contributed by atoms with van der Waals surface area (Å²) in [4.78, 5) is 20.0. The topological polar surface area (TPSA) is 66.0 Å². The van der Waals surface area contributed by atoms with Gasteiger partial charge in [0.05, 0.1) is 12.6 Å². The molecule has 1 atom stereocenters. The Morgan fingerprint density at radius 2 is 2.23 bits per heavy atom. The van der Waals surface area contributed by atoms with E-state index >= 15 is 0 Å². The Bertz CT molecular complexity index is 600. The number of nitrogens with one attached hydrogen (secondary N) is 2. The minimum Gasteiger partial charge on any atom is -0.378 e. The van der Waals surface area contributed by atoms with Crippen molar-refractivity contribution in [1.29, 1.82) is 0 Å². The third-order valence-corrected chi connectivity index (χ3v) is 5.66. The van der Waals surface area contributed by atoms with Crippen molar-refractivity contribution in [2.45, 2.75) is 46.3 Å². The number of nitrogens with zero attached hydrogens (tertiary/aromatic N) is 2. The maximum absolute atomic E-state index is 12.5. The first kappa shape index (κ1) is 20.7. The first-order valence-electron chi connectivity index (χ1n) is 9.44. The highest BCUT2D eigenvalue weighted by atomic mass is 32.1. The molecular weight excluding hydrogens is 348 g/mol. The van der Waals surface area contributed by atoms with Gasteiger partial charge in [-0.1, -0.05) is 13.8 Å². The number of guanidine groups is 1. The lowest BCUT2D eigenvalue weighted by Crippen LogP contribution is -2.46. The quantitative estimate of drug-likeness (QED) is 0.536. The number of fused-ring (bicyclic) bond motifs is 1. The second kappa shape index (κ2) is 10.5. The van der Waals surface area contributed by atoms with Gasteiger partial charge in [0.15, 0.2) is 5.96 Å². The molecule has 1 aliphatic heterocycles. The highest BCUT2D eigenvalue weighted by Gasteiger charge is 2.21. The normalized spacial score (nSPS) is 15.7. The van der Waals surface area contributed by atoms with E-state index in [1.165, 1.54) is 10.4 Å². The van der Waals surface area contributed by atoms with Crippen LogP contribution in [0, 0.1) is 5.92 Å². The van der Waals surface area contributed by atoms with Crippen LogP contribution < -0.4 is 10.6 Å². The molecule has 0 radical (unpaired) electrons. The third kappa shape index (κ3) is 5.99. The molecule has 26 heavy (non-hydrogen) atoms. The van der Waals surface area contributed by atoms with Crippen LogP contribution in [-0.4, -0.2) is 56.2 Å². The zero-order valence-corrected chi connectivity index (χ0v) is 17.2. The molecule has 1 unspecified atom stereocenters. The predicted molar refractivity (Wildman–Crippen MR) is 108 cm³/mol. The lowest BCUT2D eigenvalue weighted by molar-refractivity contribution is -0.130. The number of aliphatic imine (C=N–C) groups is 1. The molecule has 6 nitrogen and oxygen atoms in total. The highest BCUT2D eigenvalue weighted by Crippen LogP contribution is 2.23. The van der Waals surface area contributed by atoms with Gasteiger partial charge in [-0.25, -0.2) is 0 Å². The number of thiophene rings is 1. The summed E-state index contributed by atoms with van der Waals surface area (Å²) in [5, 5.41) is 8.51. The van der Waals surface area contributed by atoms with Crippen molar-refractivity contribution in [3.63, 3.8) is 0 Å². The van der Waals surface area contributed by atoms with Crippen molar-refractivity contribution < 1.29 is 9.53 Å². The van der Waals surface area contributed by atoms with Crippen molar-refractivity contribution in [2.75, 3.05) is 33.3 Å². The van der Waals surface area contributed by atoms with Crippen LogP contribution in [0.5, 0.6) is 0 Å². The van der Waals surface area contributed by atoms with E-state index in [1.54, 1.807) is 18.4 Å². The Balaban J connectivity index is 1.72. The van der Waals surface area contributed by atoms with Gasteiger partial charge in [0.2, 0.25) is 5.91 Å². The molecule has 7 heteroatoms. The summed E-state index contributed by atoms with van der Waals surface area (Å²) in [6.45, 7) is 9.63. The largest absolute Gasteiger partial charge is 0.378 e. The number of rotatable bonds is 8. The van der Waals surface area contributed by atoms with E-state index in [9.17, 15) is 4.79 Å². The van der Waals surface area contributed by atoms with Crippen molar-refractivity contribution in [2.24, 2.45) is 10.9 Å². The molecule has 2 heterocycles. The van der Waals surface area contributed by atoms with Crippen LogP contribution in [0.2, 0.25) is 0 Å². The SMILES string of the molecule is CCOC(CCNC(=NC)NCC(=O)N1CCc2sccc2C1)C(C)C. The number of amides is 1. The number of hydrogen-bond donors (Lipinski definition) is 2. The van der Waals surface area contributed by atoms with Gasteiger partial charge < -0.3 is 20.3 Å². The summed E-state index contributed by atoms with van der Waals surface area (Å²) in [7, 11) is 1.72. The summed E-state index contributed by atoms with van der Waals surface area (Å²) >= 11 is 1.78. The van der Waals surface area contributed by atoms with E-state index in [2.05, 4.69) is 40.9 Å². The van der Waals surface area contributed by atoms with Crippen LogP contribution in [0.4, 0.5) is 0 Å². The molecular formula is C19H32N4O2S. The maximum Gasteiger partial charge on any atom is 0.242 e. The third-order valence-electron chi connectivity index (χ3n) is 4.64. The highest BCUT2D eigenvalue weighted by molar-refractivity contribution is 7.10. The first-order valence-corrected chi connectivity index (χ1v) is 10.3. The lowest BCUT2D eigenvalue weighted by atomic mass is 10.0. The summed E-state index contributed by atoms with van der Waals surface area (Å²) in [6, 6.07) is 2.12. The zero-order valence-electron chi connectivity index (χ0n) is 16.4. The molecule has 1 amide bonds. The number of carbonyl (C=O) groups excluding carboxylic acids is 1. The molecule has 0 fully saturated rings. The fourth-order valence-electron chi connectivity index (χ4n) is 3.11. The number of carbonyl (C=O) groups is 1. The molecule has 1 aromatic heterocycles. The van der Waals surface area contributed by atoms with Gasteiger partial charge >= 0.3 is 0 Å². The molecule has 1 aliphatic rings. The van der Waals surface area contributed by atoms with E-state index in [0.29, 0.717) is 11.9 Å². The smallest absolute Gasteiger partial charge is 0.242 e. The van der Waals surface area contributed by atoms with Crippen LogP contribution in [0.25, 0.3) is 0 Å². The molecule has 2 rings (SSSR count). The number of hydrogen-bond acceptors (Lipinski definition) is 4. The summed E-state index contributed by atoms with van der Waals surface area (Å²) in [5.41, 5.74) is 1.28. The van der Waals surface area contributed by atoms with Crippen molar-refractivity contribution in [1.82, 2.24) is 15.5 Å². The van der Waals surface area contributed by atoms with Crippen LogP contribution in [0.3, 0.4) is 0 Å².